The van der Waals surface area contributed by atoms with Gasteiger partial charge in [-0.2, -0.15) is 0 Å². The second-order valence-corrected chi connectivity index (χ2v) is 31.2. The molecule has 7 aromatic heterocycles. The third kappa shape index (κ3) is 14.3. The summed E-state index contributed by atoms with van der Waals surface area (Å²) in [4.78, 5) is 53.3. The number of hydrogen-bond acceptors (Lipinski definition) is 13. The highest BCUT2D eigenvalue weighted by Gasteiger charge is 2.21. The molecular weight excluding hydrogens is 1540 g/mol. The zero-order valence-corrected chi connectivity index (χ0v) is 67.6. The van der Waals surface area contributed by atoms with Gasteiger partial charge in [-0.1, -0.05) is 364 Å². The molecule has 0 fully saturated rings. The number of fused-ring (bicyclic) bond motifs is 12. The molecule has 0 unspecified atom stereocenters. The maximum Gasteiger partial charge on any atom is 0.247 e. The lowest BCUT2D eigenvalue weighted by Crippen LogP contribution is -2.00. The number of aromatic nitrogens is 11. The Balaban J connectivity index is 0.000000145. The van der Waals surface area contributed by atoms with E-state index in [-0.39, 0.29) is 0 Å². The van der Waals surface area contributed by atoms with Crippen LogP contribution in [0.4, 0.5) is 0 Å². The van der Waals surface area contributed by atoms with E-state index >= 15 is 0 Å². The summed E-state index contributed by atoms with van der Waals surface area (Å²) in [5.74, 6) is 3.81. The highest BCUT2D eigenvalue weighted by atomic mass is 16.3. The normalized spacial score (nSPS) is 11.5. The highest BCUT2D eigenvalue weighted by Crippen LogP contribution is 2.41. The predicted molar refractivity (Wildman–Crippen MR) is 509 cm³/mol. The van der Waals surface area contributed by atoms with Crippen molar-refractivity contribution in [2.75, 3.05) is 0 Å². The highest BCUT2D eigenvalue weighted by molar-refractivity contribution is 6.19. The van der Waals surface area contributed by atoms with Crippen LogP contribution < -0.4 is 0 Å². The Morgan fingerprint density at radius 1 is 0.167 bits per heavy atom. The molecule has 0 aliphatic heterocycles. The lowest BCUT2D eigenvalue weighted by atomic mass is 9.96. The molecule has 0 aliphatic carbocycles. The summed E-state index contributed by atoms with van der Waals surface area (Å²) in [5, 5.41) is 6.37. The molecule has 0 aliphatic rings. The molecule has 0 saturated carbocycles. The molecule has 0 amide bonds. The molecule has 0 spiro atoms. The van der Waals surface area contributed by atoms with E-state index in [1.54, 1.807) is 6.20 Å². The summed E-state index contributed by atoms with van der Waals surface area (Å²) in [7, 11) is 0. The van der Waals surface area contributed by atoms with E-state index in [0.29, 0.717) is 57.5 Å². The molecule has 126 heavy (non-hydrogen) atoms. The van der Waals surface area contributed by atoms with Crippen LogP contribution in [0.3, 0.4) is 0 Å². The van der Waals surface area contributed by atoms with Gasteiger partial charge in [0.2, 0.25) is 11.4 Å². The van der Waals surface area contributed by atoms with Gasteiger partial charge < -0.3 is 8.83 Å². The van der Waals surface area contributed by atoms with Gasteiger partial charge in [0.05, 0.1) is 21.8 Å². The largest absolute Gasteiger partial charge is 0.436 e. The summed E-state index contributed by atoms with van der Waals surface area (Å²) in [6, 6.07) is 143. The van der Waals surface area contributed by atoms with E-state index in [9.17, 15) is 0 Å². The number of rotatable bonds is 14. The van der Waals surface area contributed by atoms with Crippen molar-refractivity contribution < 1.29 is 8.83 Å². The van der Waals surface area contributed by atoms with Crippen molar-refractivity contribution in [1.29, 1.82) is 0 Å². The number of furan rings is 2. The Morgan fingerprint density at radius 2 is 0.405 bits per heavy atom. The molecule has 0 saturated heterocycles. The molecule has 0 bridgehead atoms. The summed E-state index contributed by atoms with van der Waals surface area (Å²) in [6.07, 6.45) is 1.74. The maximum absolute atomic E-state index is 6.16. The molecule has 0 radical (unpaired) electrons. The summed E-state index contributed by atoms with van der Waals surface area (Å²) >= 11 is 0. The van der Waals surface area contributed by atoms with E-state index in [4.69, 9.17) is 53.7 Å². The fourth-order valence-corrected chi connectivity index (χ4v) is 16.8. The maximum atomic E-state index is 6.16. The Labute approximate surface area is 723 Å². The third-order valence-corrected chi connectivity index (χ3v) is 23.5. The SMILES string of the molecule is c1ccc(-c2ccc(-c3nc(-c4ccccc4)nc(-c4ccc(-c5ccc(-c6ccc(-c7ccc8c(ccc9oc%10nc%11ccccc%11nc%10c98)c7)cc6)cc5)cc4)n3)cc2)cc1.c1ccc(-c2ccc(-c3nc(-c4ccccc4)nc(-c4ccc(-c5ccc(-c6ccc(-c7ccc8c(ccc9oc%10nc%11cccnc%11nc%10c98)c7)cc6)cc5)cc4)n3)cc2)cc1. The second kappa shape index (κ2) is 31.7. The second-order valence-electron chi connectivity index (χ2n) is 31.2. The zero-order valence-electron chi connectivity index (χ0n) is 67.6. The number of nitrogens with zero attached hydrogens (tertiary/aromatic N) is 11. The minimum Gasteiger partial charge on any atom is -0.436 e. The molecule has 24 aromatic rings. The van der Waals surface area contributed by atoms with Crippen molar-refractivity contribution in [3.05, 3.63) is 419 Å². The number of pyridine rings is 1. The van der Waals surface area contributed by atoms with Gasteiger partial charge in [-0.05, 0) is 159 Å². The topological polar surface area (TPSA) is 168 Å². The number of hydrogen-bond donors (Lipinski definition) is 0. The van der Waals surface area contributed by atoms with Gasteiger partial charge in [0.25, 0.3) is 0 Å². The lowest BCUT2D eigenvalue weighted by Gasteiger charge is -2.10. The first-order valence-electron chi connectivity index (χ1n) is 41.8. The lowest BCUT2D eigenvalue weighted by molar-refractivity contribution is 0.655. The Hall–Kier alpha value is -17.3. The van der Waals surface area contributed by atoms with Gasteiger partial charge in [-0.3, -0.25) is 0 Å². The minimum absolute atomic E-state index is 0.522. The van der Waals surface area contributed by atoms with E-state index in [1.165, 1.54) is 11.1 Å². The number of benzene rings is 17. The van der Waals surface area contributed by atoms with Crippen LogP contribution >= 0.6 is 0 Å². The van der Waals surface area contributed by atoms with Crippen LogP contribution in [0.15, 0.2) is 428 Å². The first kappa shape index (κ1) is 73.8. The van der Waals surface area contributed by atoms with Crippen molar-refractivity contribution in [1.82, 2.24) is 54.8 Å². The van der Waals surface area contributed by atoms with Crippen molar-refractivity contribution in [2.45, 2.75) is 0 Å². The molecule has 24 rings (SSSR count). The van der Waals surface area contributed by atoms with Crippen LogP contribution in [-0.2, 0) is 0 Å². The standard InChI is InChI=1S/C57H35N5O.C56H34N6O/c1-3-9-36(10-4-1)37-23-27-44(28-24-37)55-60-54(43-11-5-2-6-12-43)61-56(62-55)45-29-25-41(26-30-45)39-17-15-38(16-18-39)40-19-21-42(22-20-40)46-31-33-48-47(35-46)32-34-51-52(48)53-57(63-51)59-50-14-8-7-13-49(50)58-53;1-3-8-35(9-4-1)36-21-25-43(26-22-36)53-60-52(42-10-5-2-6-11-42)61-54(62-53)44-27-23-40(24-28-44)38-15-13-37(14-16-38)39-17-19-41(20-18-39)45-29-31-47-46(34-45)30-32-49-50(47)51-56(63-49)58-48-12-7-33-57-55(48)59-51/h1-35H;1-34H. The summed E-state index contributed by atoms with van der Waals surface area (Å²) < 4.78 is 12.3. The van der Waals surface area contributed by atoms with Crippen LogP contribution in [-0.4, -0.2) is 54.8 Å². The van der Waals surface area contributed by atoms with Crippen LogP contribution in [0.2, 0.25) is 0 Å². The van der Waals surface area contributed by atoms with Crippen molar-refractivity contribution in [3.63, 3.8) is 0 Å². The van der Waals surface area contributed by atoms with Crippen LogP contribution in [0.5, 0.6) is 0 Å². The third-order valence-electron chi connectivity index (χ3n) is 23.5. The van der Waals surface area contributed by atoms with Crippen molar-refractivity contribution >= 4 is 88.1 Å². The van der Waals surface area contributed by atoms with Crippen LogP contribution in [0.25, 0.3) is 245 Å². The quantitative estimate of drug-likeness (QED) is 0.101. The van der Waals surface area contributed by atoms with Crippen LogP contribution in [0, 0.1) is 0 Å². The minimum atomic E-state index is 0.522. The Kier molecular flexibility index (Phi) is 18.6. The van der Waals surface area contributed by atoms with E-state index in [2.05, 4.69) is 301 Å². The smallest absolute Gasteiger partial charge is 0.247 e. The van der Waals surface area contributed by atoms with E-state index < -0.39 is 0 Å². The van der Waals surface area contributed by atoms with Gasteiger partial charge >= 0.3 is 0 Å². The van der Waals surface area contributed by atoms with Crippen molar-refractivity contribution in [2.24, 2.45) is 0 Å². The fourth-order valence-electron chi connectivity index (χ4n) is 16.8. The van der Waals surface area contributed by atoms with E-state index in [1.807, 2.05) is 121 Å². The average molecular weight is 1610 g/mol. The van der Waals surface area contributed by atoms with Crippen LogP contribution in [0.1, 0.15) is 0 Å². The molecule has 7 heterocycles. The average Bonchev–Trinajstić information content (AvgIpc) is 1.58. The molecule has 0 N–H and O–H groups in total. The monoisotopic (exact) mass is 1610 g/mol. The Bertz CT molecular complexity index is 7740. The van der Waals surface area contributed by atoms with Gasteiger partial charge in [-0.25, -0.2) is 54.8 Å². The first-order chi connectivity index (χ1) is 62.3. The predicted octanol–water partition coefficient (Wildman–Crippen LogP) is 28.5. The van der Waals surface area contributed by atoms with Gasteiger partial charge in [0, 0.05) is 39.6 Å². The fraction of sp³-hybridized carbons (Fsp3) is 0. The van der Waals surface area contributed by atoms with Gasteiger partial charge in [0.1, 0.15) is 27.7 Å². The molecular formula is C113H69N11O2. The molecule has 0 atom stereocenters. The Morgan fingerprint density at radius 3 is 0.730 bits per heavy atom. The van der Waals surface area contributed by atoms with Gasteiger partial charge in [0.15, 0.2) is 40.6 Å². The molecule has 17 aromatic carbocycles. The molecule has 13 nitrogen and oxygen atoms in total. The first-order valence-corrected chi connectivity index (χ1v) is 41.8. The zero-order chi connectivity index (χ0) is 83.4. The summed E-state index contributed by atoms with van der Waals surface area (Å²) in [6.45, 7) is 0. The molecule has 588 valence electrons. The molecule has 13 heteroatoms. The van der Waals surface area contributed by atoms with E-state index in [0.717, 1.165) is 177 Å². The van der Waals surface area contributed by atoms with Gasteiger partial charge in [-0.15, -0.1) is 0 Å². The van der Waals surface area contributed by atoms with Crippen molar-refractivity contribution in [3.8, 4) is 157 Å². The summed E-state index contributed by atoms with van der Waals surface area (Å²) in [5.41, 5.74) is 31.1. The number of para-hydroxylation sites is 2.